The number of sulfonamides is 3. The zero-order chi connectivity index (χ0) is 71.9. The van der Waals surface area contributed by atoms with E-state index in [1.54, 1.807) is 0 Å². The summed E-state index contributed by atoms with van der Waals surface area (Å²) < 4.78 is 98.7. The van der Waals surface area contributed by atoms with Gasteiger partial charge in [-0.3, -0.25) is 14.4 Å². The van der Waals surface area contributed by atoms with E-state index in [2.05, 4.69) is 88.7 Å². The molecule has 0 bridgehead atoms. The molecule has 3 heterocycles. The van der Waals surface area contributed by atoms with Crippen LogP contribution in [0.1, 0.15) is 168 Å². The molecule has 3 N–H and O–H groups in total. The van der Waals surface area contributed by atoms with Gasteiger partial charge in [-0.1, -0.05) is 207 Å². The van der Waals surface area contributed by atoms with Crippen molar-refractivity contribution in [3.63, 3.8) is 0 Å². The van der Waals surface area contributed by atoms with E-state index in [0.717, 1.165) is 83.1 Å². The van der Waals surface area contributed by atoms with Crippen molar-refractivity contribution in [1.29, 1.82) is 0 Å². The van der Waals surface area contributed by atoms with Gasteiger partial charge in [-0.2, -0.15) is 12.9 Å². The summed E-state index contributed by atoms with van der Waals surface area (Å²) in [6.45, 7) is 0.00855. The highest BCUT2D eigenvalue weighted by Gasteiger charge is 2.44. The molecule has 3 unspecified atom stereocenters. The summed E-state index contributed by atoms with van der Waals surface area (Å²) in [5, 5.41) is 10.0. The van der Waals surface area contributed by atoms with Crippen molar-refractivity contribution in [1.82, 2.24) is 28.9 Å². The molecule has 3 amide bonds. The molecule has 3 saturated heterocycles. The first-order valence-electron chi connectivity index (χ1n) is 37.9. The molecule has 15 nitrogen and oxygen atoms in total. The monoisotopic (exact) mass is 1450 g/mol. The summed E-state index contributed by atoms with van der Waals surface area (Å²) in [4.78, 5) is 43.9. The first-order chi connectivity index (χ1) is 50.1. The molecule has 0 radical (unpaired) electrons. The van der Waals surface area contributed by atoms with Gasteiger partial charge in [0.2, 0.25) is 47.8 Å². The average molecular weight is 1450 g/mol. The molecule has 0 saturated carbocycles. The highest BCUT2D eigenvalue weighted by molar-refractivity contribution is 7.90. The number of piperidine rings is 3. The molecule has 0 aromatic heterocycles. The molecule has 0 spiro atoms. The zero-order valence-corrected chi connectivity index (χ0v) is 62.1. The lowest BCUT2D eigenvalue weighted by Crippen LogP contribution is -2.54. The maximum atomic E-state index is 16.1. The predicted molar refractivity (Wildman–Crippen MR) is 411 cm³/mol. The quantitative estimate of drug-likeness (QED) is 0.0342. The van der Waals surface area contributed by atoms with Crippen molar-refractivity contribution in [2.24, 2.45) is 0 Å². The summed E-state index contributed by atoms with van der Waals surface area (Å²) >= 11 is 0. The zero-order valence-electron chi connectivity index (χ0n) is 59.6. The second-order valence-corrected chi connectivity index (χ2v) is 34.2. The van der Waals surface area contributed by atoms with Gasteiger partial charge < -0.3 is 16.0 Å². The Bertz CT molecular complexity index is 4210. The lowest BCUT2D eigenvalue weighted by Gasteiger charge is -2.36. The van der Waals surface area contributed by atoms with Crippen LogP contribution < -0.4 is 16.0 Å². The number of carbonyl (C=O) groups is 3. The van der Waals surface area contributed by atoms with Gasteiger partial charge >= 0.3 is 0 Å². The van der Waals surface area contributed by atoms with Crippen LogP contribution in [0.5, 0.6) is 0 Å². The summed E-state index contributed by atoms with van der Waals surface area (Å²) in [7, 11) is -14.1. The van der Waals surface area contributed by atoms with Crippen molar-refractivity contribution >= 4 is 58.6 Å². The summed E-state index contributed by atoms with van der Waals surface area (Å²) in [6, 6.07) is 63.6. The van der Waals surface area contributed by atoms with Crippen LogP contribution in [0, 0.1) is 0 Å². The minimum atomic E-state index is -4.79. The van der Waals surface area contributed by atoms with Gasteiger partial charge in [0.25, 0.3) is 0 Å². The minimum absolute atomic E-state index is 0.0143. The van der Waals surface area contributed by atoms with Crippen LogP contribution in [0.15, 0.2) is 227 Å². The van der Waals surface area contributed by atoms with Crippen LogP contribution in [0.3, 0.4) is 0 Å². The van der Waals surface area contributed by atoms with Gasteiger partial charge in [0.05, 0.1) is 14.7 Å². The van der Waals surface area contributed by atoms with Gasteiger partial charge in [0.15, 0.2) is 0 Å². The predicted octanol–water partition coefficient (Wildman–Crippen LogP) is 15.1. The number of fused-ring (bicyclic) bond motifs is 1. The van der Waals surface area contributed by atoms with Crippen LogP contribution in [-0.4, -0.2) is 112 Å². The third-order valence-electron chi connectivity index (χ3n) is 21.1. The van der Waals surface area contributed by atoms with E-state index in [4.69, 9.17) is 0 Å². The van der Waals surface area contributed by atoms with E-state index in [-0.39, 0.29) is 78.6 Å². The van der Waals surface area contributed by atoms with Crippen LogP contribution in [0.25, 0.3) is 10.8 Å². The maximum absolute atomic E-state index is 16.1. The van der Waals surface area contributed by atoms with Crippen LogP contribution in [-0.2, 0) is 83.0 Å². The van der Waals surface area contributed by atoms with Crippen LogP contribution in [0.2, 0.25) is 0 Å². The van der Waals surface area contributed by atoms with Crippen molar-refractivity contribution in [2.75, 3.05) is 19.6 Å². The Labute approximate surface area is 612 Å². The number of aryl methyl sites for hydroxylation is 6. The van der Waals surface area contributed by atoms with Crippen molar-refractivity contribution in [3.05, 3.63) is 246 Å². The van der Waals surface area contributed by atoms with Gasteiger partial charge in [-0.25, -0.2) is 25.3 Å². The first-order valence-corrected chi connectivity index (χ1v) is 42.2. The molecule has 3 aliphatic heterocycles. The van der Waals surface area contributed by atoms with E-state index in [9.17, 15) is 4.79 Å². The Morgan fingerprint density at radius 2 is 0.583 bits per heavy atom. The van der Waals surface area contributed by atoms with Gasteiger partial charge in [0, 0.05) is 43.1 Å². The molecule has 8 aromatic rings. The average Bonchev–Trinajstić information content (AvgIpc) is 0.734. The van der Waals surface area contributed by atoms with E-state index in [0.29, 0.717) is 77.0 Å². The second-order valence-electron chi connectivity index (χ2n) is 28.6. The molecule has 103 heavy (non-hydrogen) atoms. The first kappa shape index (κ1) is 76.3. The minimum Gasteiger partial charge on any atom is -0.352 e. The fourth-order valence-corrected chi connectivity index (χ4v) is 20.9. The Hall–Kier alpha value is -7.84. The Morgan fingerprint density at radius 3 is 0.874 bits per heavy atom. The number of rotatable bonds is 36. The molecule has 546 valence electrons. The number of nitrogens with zero attached hydrogens (tertiary/aromatic N) is 3. The highest BCUT2D eigenvalue weighted by Crippen LogP contribution is 2.38. The van der Waals surface area contributed by atoms with E-state index < -0.39 is 69.8 Å². The molecule has 8 aromatic carbocycles. The third-order valence-corrected chi connectivity index (χ3v) is 26.9. The van der Waals surface area contributed by atoms with Gasteiger partial charge in [-0.15, -0.1) is 0 Å². The number of hydrogen-bond donors (Lipinski definition) is 3. The lowest BCUT2D eigenvalue weighted by atomic mass is 9.98. The van der Waals surface area contributed by atoms with Gasteiger partial charge in [-0.05, 0) is 217 Å². The number of amides is 3. The van der Waals surface area contributed by atoms with Crippen molar-refractivity contribution in [3.8, 4) is 0 Å². The van der Waals surface area contributed by atoms with E-state index in [1.807, 2.05) is 109 Å². The third kappa shape index (κ3) is 21.2. The molecule has 3 atom stereocenters. The highest BCUT2D eigenvalue weighted by atomic mass is 32.2. The standard InChI is InChI=1S/C85H104N6O9S3/c92-83(86-73(49-25-43-66-31-7-1-8-32-66)50-26-44-67-33-9-2-10-34-67)79-55-19-22-60-89(79)101(95,96)76-58-59-78-72(63-76)64-77(102(97,98)90-61-23-20-56-80(90)84(93)87-74(51-27-45-68-35-11-3-12-36-68)52-28-46-69-37-13-4-14-38-69)65-82(78)103(99,100)91-62-24-21-57-81(91)85(94)88-75(53-29-47-70-39-15-5-16-40-70)54-30-48-71-41-17-6-18-42-71/h1-18,31-42,58-59,63-65,73-75,79-81H,19-30,43-57,60-62H2,(H,86,92)(H,87,93)(H,88,94). The number of nitrogens with one attached hydrogen (secondary N) is 3. The Morgan fingerprint density at radius 1 is 0.320 bits per heavy atom. The van der Waals surface area contributed by atoms with Crippen LogP contribution >= 0.6 is 0 Å². The normalized spacial score (nSPS) is 17.4. The molecule has 3 aliphatic rings. The largest absolute Gasteiger partial charge is 0.352 e. The Kier molecular flexibility index (Phi) is 28.0. The molecule has 11 rings (SSSR count). The summed E-state index contributed by atoms with van der Waals surface area (Å²) in [5.41, 5.74) is 7.13. The smallest absolute Gasteiger partial charge is 0.244 e. The Balaban J connectivity index is 0.907. The molecule has 0 aliphatic carbocycles. The summed E-state index contributed by atoms with van der Waals surface area (Å²) in [5.74, 6) is -1.24. The fourth-order valence-electron chi connectivity index (χ4n) is 15.5. The lowest BCUT2D eigenvalue weighted by molar-refractivity contribution is -0.127. The molecule has 3 fully saturated rings. The van der Waals surface area contributed by atoms with Crippen molar-refractivity contribution < 1.29 is 39.6 Å². The number of hydrogen-bond acceptors (Lipinski definition) is 9. The maximum Gasteiger partial charge on any atom is 0.244 e. The van der Waals surface area contributed by atoms with E-state index in [1.165, 1.54) is 70.6 Å². The van der Waals surface area contributed by atoms with Crippen molar-refractivity contribution in [2.45, 2.75) is 224 Å². The number of benzene rings is 8. The molecule has 18 heteroatoms. The van der Waals surface area contributed by atoms with E-state index >= 15 is 34.8 Å². The fraction of sp³-hybridized carbons (Fsp3) is 0.424. The molecular formula is C85H104N6O9S3. The number of carbonyl (C=O) groups excluding carboxylic acids is 3. The topological polar surface area (TPSA) is 199 Å². The van der Waals surface area contributed by atoms with Crippen LogP contribution in [0.4, 0.5) is 0 Å². The second kappa shape index (κ2) is 37.7. The molecular weight excluding hydrogens is 1350 g/mol. The summed E-state index contributed by atoms with van der Waals surface area (Å²) in [6.07, 6.45) is 17.6. The van der Waals surface area contributed by atoms with Gasteiger partial charge in [0.1, 0.15) is 18.1 Å². The SMILES string of the molecule is O=C(NC(CCCc1ccccc1)CCCc1ccccc1)C1CCCCN1S(=O)(=O)c1ccc2c(S(=O)(=O)N3CCCCC3C(=O)NC(CCCc3ccccc3)CCCc3ccccc3)cc(S(=O)(=O)N3CCCCC3C(=O)NC(CCCc3ccccc3)CCCc3ccccc3)cc2c1.